The number of carbonyl (C=O) groups is 2. The molecular formula is C31H38F2N6O2. The number of aromatic nitrogens is 2. The number of halogens is 2. The van der Waals surface area contributed by atoms with Crippen molar-refractivity contribution < 1.29 is 18.4 Å². The van der Waals surface area contributed by atoms with E-state index in [4.69, 9.17) is 0 Å². The molecule has 10 heteroatoms. The summed E-state index contributed by atoms with van der Waals surface area (Å²) in [5.74, 6) is -0.842. The highest BCUT2D eigenvalue weighted by Crippen LogP contribution is 2.38. The third-order valence-electron chi connectivity index (χ3n) is 6.97. The third kappa shape index (κ3) is 6.93. The van der Waals surface area contributed by atoms with E-state index < -0.39 is 11.6 Å². The fraction of sp³-hybridized carbons (Fsp3) is 0.387. The van der Waals surface area contributed by atoms with Gasteiger partial charge in [-0.1, -0.05) is 26.0 Å². The van der Waals surface area contributed by atoms with E-state index in [2.05, 4.69) is 26.9 Å². The quantitative estimate of drug-likeness (QED) is 0.145. The summed E-state index contributed by atoms with van der Waals surface area (Å²) in [6.07, 6.45) is 9.29. The normalized spacial score (nSPS) is 14.2. The summed E-state index contributed by atoms with van der Waals surface area (Å²) in [5.41, 5.74) is 2.02. The molecule has 0 radical (unpaired) electrons. The van der Waals surface area contributed by atoms with Crippen LogP contribution in [-0.2, 0) is 9.59 Å². The lowest BCUT2D eigenvalue weighted by Crippen LogP contribution is -2.45. The predicted octanol–water partition coefficient (Wildman–Crippen LogP) is 5.76. The van der Waals surface area contributed by atoms with E-state index in [1.165, 1.54) is 17.0 Å². The lowest BCUT2D eigenvalue weighted by molar-refractivity contribution is -0.109. The van der Waals surface area contributed by atoms with Crippen molar-refractivity contribution in [2.75, 3.05) is 25.0 Å². The summed E-state index contributed by atoms with van der Waals surface area (Å²) < 4.78 is 30.8. The van der Waals surface area contributed by atoms with Gasteiger partial charge in [-0.3, -0.25) is 24.5 Å². The van der Waals surface area contributed by atoms with Crippen LogP contribution in [0.25, 0.3) is 5.57 Å². The standard InChI is InChI=1S/C31H38F2N6O2/c1-7-8-15-38(21(4)17-35-18-40)30(34-6)25-16-27(33)28(24-11-9-10-12-26(24)32)37-31(25)39(19-41)29-22(5)36-14-13-23(29)20(2)3/h7,11-14,16,18-21H,1,8-10,15,17H2,2-6H3,(H,35,40). The number of nitrogens with zero attached hydrogens (tertiary/aromatic N) is 5. The minimum atomic E-state index is -0.748. The van der Waals surface area contributed by atoms with Crippen molar-refractivity contribution in [2.45, 2.75) is 58.9 Å². The largest absolute Gasteiger partial charge is 0.357 e. The molecule has 2 aromatic rings. The van der Waals surface area contributed by atoms with Crippen molar-refractivity contribution in [3.63, 3.8) is 0 Å². The van der Waals surface area contributed by atoms with Gasteiger partial charge in [-0.15, -0.1) is 6.58 Å². The number of nitrogens with one attached hydrogen (secondary N) is 1. The van der Waals surface area contributed by atoms with Gasteiger partial charge in [-0.25, -0.2) is 13.8 Å². The number of pyridine rings is 2. The number of carbonyl (C=O) groups excluding carboxylic acids is 2. The number of aryl methyl sites for hydroxylation is 1. The Bertz CT molecular complexity index is 1370. The Balaban J connectivity index is 2.36. The van der Waals surface area contributed by atoms with Gasteiger partial charge < -0.3 is 10.2 Å². The van der Waals surface area contributed by atoms with E-state index in [-0.39, 0.29) is 34.6 Å². The Hall–Kier alpha value is -4.21. The average Bonchev–Trinajstić information content (AvgIpc) is 2.96. The summed E-state index contributed by atoms with van der Waals surface area (Å²) in [5, 5.41) is 2.68. The van der Waals surface area contributed by atoms with Crippen LogP contribution in [0.3, 0.4) is 0 Å². The second kappa shape index (κ2) is 14.4. The number of rotatable bonds is 13. The van der Waals surface area contributed by atoms with Crippen LogP contribution in [0.4, 0.5) is 20.3 Å². The molecule has 0 bridgehead atoms. The molecule has 0 saturated carbocycles. The van der Waals surface area contributed by atoms with Crippen LogP contribution in [-0.4, -0.2) is 59.7 Å². The van der Waals surface area contributed by atoms with Gasteiger partial charge in [-0.2, -0.15) is 0 Å². The zero-order valence-electron chi connectivity index (χ0n) is 24.3. The number of anilines is 2. The summed E-state index contributed by atoms with van der Waals surface area (Å²) in [6, 6.07) is 2.82. The summed E-state index contributed by atoms with van der Waals surface area (Å²) >= 11 is 0. The molecule has 0 fully saturated rings. The van der Waals surface area contributed by atoms with Crippen LogP contribution < -0.4 is 10.2 Å². The zero-order valence-corrected chi connectivity index (χ0v) is 24.3. The molecular weight excluding hydrogens is 526 g/mol. The summed E-state index contributed by atoms with van der Waals surface area (Å²) in [6.45, 7) is 12.2. The average molecular weight is 565 g/mol. The van der Waals surface area contributed by atoms with Crippen LogP contribution in [0.15, 0.2) is 54.0 Å². The van der Waals surface area contributed by atoms with Crippen molar-refractivity contribution in [2.24, 2.45) is 4.99 Å². The zero-order chi connectivity index (χ0) is 30.1. The molecule has 218 valence electrons. The van der Waals surface area contributed by atoms with Crippen LogP contribution in [0.2, 0.25) is 0 Å². The van der Waals surface area contributed by atoms with Crippen molar-refractivity contribution in [1.82, 2.24) is 20.2 Å². The van der Waals surface area contributed by atoms with Crippen molar-refractivity contribution in [3.05, 3.63) is 77.3 Å². The maximum Gasteiger partial charge on any atom is 0.219 e. The lowest BCUT2D eigenvalue weighted by atomic mass is 9.99. The number of hydrogen-bond acceptors (Lipinski definition) is 5. The monoisotopic (exact) mass is 564 g/mol. The molecule has 1 unspecified atom stereocenters. The van der Waals surface area contributed by atoms with E-state index >= 15 is 4.39 Å². The van der Waals surface area contributed by atoms with Crippen molar-refractivity contribution in [1.29, 1.82) is 0 Å². The Kier molecular flexibility index (Phi) is 11.0. The fourth-order valence-corrected chi connectivity index (χ4v) is 4.94. The van der Waals surface area contributed by atoms with Gasteiger partial charge in [0.15, 0.2) is 5.82 Å². The highest BCUT2D eigenvalue weighted by Gasteiger charge is 2.30. The highest BCUT2D eigenvalue weighted by molar-refractivity contribution is 6.06. The first-order valence-electron chi connectivity index (χ1n) is 13.7. The van der Waals surface area contributed by atoms with Crippen molar-refractivity contribution >= 4 is 35.7 Å². The highest BCUT2D eigenvalue weighted by atomic mass is 19.1. The van der Waals surface area contributed by atoms with Crippen LogP contribution in [0.1, 0.15) is 68.5 Å². The molecule has 1 atom stereocenters. The molecule has 2 amide bonds. The smallest absolute Gasteiger partial charge is 0.219 e. The van der Waals surface area contributed by atoms with Gasteiger partial charge in [-0.05, 0) is 62.8 Å². The first kappa shape index (κ1) is 31.3. The molecule has 8 nitrogen and oxygen atoms in total. The second-order valence-electron chi connectivity index (χ2n) is 10.1. The van der Waals surface area contributed by atoms with Crippen LogP contribution in [0, 0.1) is 12.7 Å². The van der Waals surface area contributed by atoms with E-state index in [0.717, 1.165) is 5.56 Å². The lowest BCUT2D eigenvalue weighted by Gasteiger charge is -2.34. The molecule has 1 aliphatic rings. The molecule has 0 aromatic carbocycles. The van der Waals surface area contributed by atoms with Gasteiger partial charge in [0.2, 0.25) is 12.8 Å². The summed E-state index contributed by atoms with van der Waals surface area (Å²) in [7, 11) is 1.57. The second-order valence-corrected chi connectivity index (χ2v) is 10.1. The van der Waals surface area contributed by atoms with Crippen LogP contribution in [0.5, 0.6) is 0 Å². The van der Waals surface area contributed by atoms with Gasteiger partial charge >= 0.3 is 0 Å². The maximum absolute atomic E-state index is 15.9. The van der Waals surface area contributed by atoms with Gasteiger partial charge in [0.25, 0.3) is 0 Å². The minimum absolute atomic E-state index is 0.0248. The molecule has 0 saturated heterocycles. The fourth-order valence-electron chi connectivity index (χ4n) is 4.94. The molecule has 0 spiro atoms. The third-order valence-corrected chi connectivity index (χ3v) is 6.97. The topological polar surface area (TPSA) is 90.8 Å². The summed E-state index contributed by atoms with van der Waals surface area (Å²) in [4.78, 5) is 40.7. The molecule has 1 N–H and O–H groups in total. The van der Waals surface area contributed by atoms with Gasteiger partial charge in [0.05, 0.1) is 16.9 Å². The van der Waals surface area contributed by atoms with E-state index in [9.17, 15) is 14.0 Å². The Morgan fingerprint density at radius 1 is 1.22 bits per heavy atom. The molecule has 3 rings (SSSR count). The first-order valence-corrected chi connectivity index (χ1v) is 13.7. The molecule has 2 aromatic heterocycles. The Morgan fingerprint density at radius 2 is 1.95 bits per heavy atom. The van der Waals surface area contributed by atoms with E-state index in [1.54, 1.807) is 32.3 Å². The molecule has 1 aliphatic carbocycles. The van der Waals surface area contributed by atoms with Gasteiger partial charge in [0, 0.05) is 37.9 Å². The van der Waals surface area contributed by atoms with Crippen LogP contribution >= 0.6 is 0 Å². The number of hydrogen-bond donors (Lipinski definition) is 1. The number of allylic oxidation sites excluding steroid dienone is 4. The maximum atomic E-state index is 15.9. The first-order chi connectivity index (χ1) is 19.7. The van der Waals surface area contributed by atoms with Crippen molar-refractivity contribution in [3.8, 4) is 0 Å². The number of amidine groups is 1. The van der Waals surface area contributed by atoms with E-state index in [1.807, 2.05) is 31.7 Å². The minimum Gasteiger partial charge on any atom is -0.357 e. The molecule has 0 aliphatic heterocycles. The Morgan fingerprint density at radius 3 is 2.56 bits per heavy atom. The SMILES string of the molecule is C=CCCN(C(=NC)c1cc(F)c(C2=CCCC=C2F)nc1N(C=O)c1c(C(C)C)ccnc1C)C(C)CNC=O. The van der Waals surface area contributed by atoms with Gasteiger partial charge in [0.1, 0.15) is 23.2 Å². The predicted molar refractivity (Wildman–Crippen MR) is 159 cm³/mol. The number of amides is 2. The molecule has 2 heterocycles. The molecule has 41 heavy (non-hydrogen) atoms. The Labute approximate surface area is 240 Å². The van der Waals surface area contributed by atoms with E-state index in [0.29, 0.717) is 62.4 Å². The number of aliphatic imine (C=N–C) groups is 1.